The minimum atomic E-state index is -3.49. The highest BCUT2D eigenvalue weighted by atomic mass is 32.2. The van der Waals surface area contributed by atoms with Crippen LogP contribution in [0.1, 0.15) is 6.92 Å². The lowest BCUT2D eigenvalue weighted by atomic mass is 10.1. The molecule has 0 aromatic carbocycles. The molecule has 2 saturated heterocycles. The van der Waals surface area contributed by atoms with E-state index in [0.29, 0.717) is 32.7 Å². The van der Waals surface area contributed by atoms with Gasteiger partial charge >= 0.3 is 0 Å². The van der Waals surface area contributed by atoms with E-state index >= 15 is 0 Å². The molecule has 2 atom stereocenters. The maximum atomic E-state index is 12.1. The van der Waals surface area contributed by atoms with Crippen LogP contribution in [0.3, 0.4) is 0 Å². The molecule has 0 radical (unpaired) electrons. The summed E-state index contributed by atoms with van der Waals surface area (Å²) in [6, 6.07) is -0.200. The zero-order chi connectivity index (χ0) is 15.8. The van der Waals surface area contributed by atoms with Crippen LogP contribution in [-0.4, -0.2) is 103 Å². The average molecular weight is 320 g/mol. The number of carbonyl (C=O) groups is 1. The second-order valence-electron chi connectivity index (χ2n) is 5.78. The molecule has 1 amide bonds. The quantitative estimate of drug-likeness (QED) is 0.650. The van der Waals surface area contributed by atoms with Crippen molar-refractivity contribution in [1.29, 1.82) is 0 Å². The Hall–Kier alpha value is -0.740. The lowest BCUT2D eigenvalue weighted by Gasteiger charge is -2.38. The molecule has 2 aliphatic rings. The van der Waals surface area contributed by atoms with E-state index in [1.165, 1.54) is 18.4 Å². The largest absolute Gasteiger partial charge is 0.390 e. The Morgan fingerprint density at radius 1 is 1.14 bits per heavy atom. The molecule has 2 fully saturated rings. The van der Waals surface area contributed by atoms with Crippen molar-refractivity contribution in [3.05, 3.63) is 0 Å². The van der Waals surface area contributed by atoms with Crippen molar-refractivity contribution in [3.8, 4) is 0 Å². The van der Waals surface area contributed by atoms with Gasteiger partial charge in [0.25, 0.3) is 10.2 Å². The van der Waals surface area contributed by atoms with Gasteiger partial charge in [-0.05, 0) is 0 Å². The predicted octanol–water partition coefficient (Wildman–Crippen LogP) is -2.00. The zero-order valence-corrected chi connectivity index (χ0v) is 13.6. The normalized spacial score (nSPS) is 29.3. The molecular weight excluding hydrogens is 296 g/mol. The van der Waals surface area contributed by atoms with Gasteiger partial charge in [-0.1, -0.05) is 0 Å². The maximum absolute atomic E-state index is 12.1. The number of amides is 1. The van der Waals surface area contributed by atoms with Crippen LogP contribution < -0.4 is 0 Å². The Bertz CT molecular complexity index is 487. The lowest BCUT2D eigenvalue weighted by Crippen LogP contribution is -2.54. The smallest absolute Gasteiger partial charge is 0.281 e. The van der Waals surface area contributed by atoms with Gasteiger partial charge in [-0.25, -0.2) is 0 Å². The van der Waals surface area contributed by atoms with Gasteiger partial charge in [-0.3, -0.25) is 9.69 Å². The number of carbonyl (C=O) groups excluding carboxylic acids is 1. The molecular formula is C12H24N4O4S. The second kappa shape index (κ2) is 6.17. The van der Waals surface area contributed by atoms with Gasteiger partial charge < -0.3 is 10.0 Å². The summed E-state index contributed by atoms with van der Waals surface area (Å²) in [6.45, 7) is 4.54. The lowest BCUT2D eigenvalue weighted by molar-refractivity contribution is -0.131. The first-order chi connectivity index (χ1) is 9.73. The van der Waals surface area contributed by atoms with Crippen LogP contribution in [-0.2, 0) is 15.0 Å². The van der Waals surface area contributed by atoms with Gasteiger partial charge in [0.15, 0.2) is 0 Å². The van der Waals surface area contributed by atoms with Gasteiger partial charge in [0, 0.05) is 60.3 Å². The standard InChI is InChI=1S/C12H24N4O4S/c1-10(17)14-4-6-15(7-5-14)11-8-16(9-12(11)18)21(19,20)13(2)3/h11-12,18H,4-9H2,1-3H3/t11-,12-/m1/s1. The molecule has 122 valence electrons. The van der Waals surface area contributed by atoms with Gasteiger partial charge in [0.1, 0.15) is 0 Å². The Kier molecular flexibility index (Phi) is 4.89. The van der Waals surface area contributed by atoms with Crippen molar-refractivity contribution in [1.82, 2.24) is 18.4 Å². The van der Waals surface area contributed by atoms with E-state index < -0.39 is 16.3 Å². The Labute approximate surface area is 126 Å². The highest BCUT2D eigenvalue weighted by Crippen LogP contribution is 2.21. The fraction of sp³-hybridized carbons (Fsp3) is 0.917. The fourth-order valence-corrected chi connectivity index (χ4v) is 4.03. The van der Waals surface area contributed by atoms with Crippen molar-refractivity contribution in [3.63, 3.8) is 0 Å². The number of β-amino-alcohol motifs (C(OH)–C–C–N with tert-alkyl or cyclic N) is 1. The molecule has 1 N–H and O–H groups in total. The van der Waals surface area contributed by atoms with E-state index in [1.807, 2.05) is 0 Å². The summed E-state index contributed by atoms with van der Waals surface area (Å²) < 4.78 is 26.7. The first-order valence-electron chi connectivity index (χ1n) is 7.08. The molecule has 0 unspecified atom stereocenters. The number of hydrogen-bond donors (Lipinski definition) is 1. The number of piperazine rings is 1. The molecule has 0 bridgehead atoms. The third-order valence-corrected chi connectivity index (χ3v) is 6.12. The number of aliphatic hydroxyl groups is 1. The molecule has 2 aliphatic heterocycles. The SMILES string of the molecule is CC(=O)N1CCN([C@@H]2CN(S(=O)(=O)N(C)C)C[C@H]2O)CC1. The third kappa shape index (κ3) is 3.37. The summed E-state index contributed by atoms with van der Waals surface area (Å²) in [5.74, 6) is 0.0541. The Morgan fingerprint density at radius 3 is 2.19 bits per heavy atom. The summed E-state index contributed by atoms with van der Waals surface area (Å²) in [7, 11) is -0.516. The fourth-order valence-electron chi connectivity index (χ4n) is 2.88. The van der Waals surface area contributed by atoms with E-state index in [4.69, 9.17) is 0 Å². The van der Waals surface area contributed by atoms with Gasteiger partial charge in [0.05, 0.1) is 12.1 Å². The van der Waals surface area contributed by atoms with Gasteiger partial charge in [-0.2, -0.15) is 17.0 Å². The molecule has 0 aromatic heterocycles. The summed E-state index contributed by atoms with van der Waals surface area (Å²) in [5, 5.41) is 10.2. The third-order valence-electron chi connectivity index (χ3n) is 4.24. The zero-order valence-electron chi connectivity index (χ0n) is 12.8. The van der Waals surface area contributed by atoms with E-state index in [9.17, 15) is 18.3 Å². The molecule has 0 aromatic rings. The first kappa shape index (κ1) is 16.6. The highest BCUT2D eigenvalue weighted by Gasteiger charge is 2.42. The van der Waals surface area contributed by atoms with Crippen molar-refractivity contribution < 1.29 is 18.3 Å². The maximum Gasteiger partial charge on any atom is 0.281 e. The Morgan fingerprint density at radius 2 is 1.71 bits per heavy atom. The molecule has 9 heteroatoms. The molecule has 2 heterocycles. The van der Waals surface area contributed by atoms with Crippen molar-refractivity contribution in [2.45, 2.75) is 19.1 Å². The molecule has 8 nitrogen and oxygen atoms in total. The Balaban J connectivity index is 1.99. The van der Waals surface area contributed by atoms with Crippen molar-refractivity contribution in [2.24, 2.45) is 0 Å². The van der Waals surface area contributed by atoms with Crippen LogP contribution in [0.25, 0.3) is 0 Å². The molecule has 0 saturated carbocycles. The molecule has 2 rings (SSSR count). The van der Waals surface area contributed by atoms with Crippen molar-refractivity contribution >= 4 is 16.1 Å². The van der Waals surface area contributed by atoms with Crippen LogP contribution in [0.2, 0.25) is 0 Å². The molecule has 21 heavy (non-hydrogen) atoms. The number of nitrogens with zero attached hydrogens (tertiary/aromatic N) is 4. The predicted molar refractivity (Wildman–Crippen MR) is 77.8 cm³/mol. The topological polar surface area (TPSA) is 84.4 Å². The van der Waals surface area contributed by atoms with Crippen LogP contribution in [0.4, 0.5) is 0 Å². The first-order valence-corrected chi connectivity index (χ1v) is 8.48. The summed E-state index contributed by atoms with van der Waals surface area (Å²) in [5.41, 5.74) is 0. The van der Waals surface area contributed by atoms with E-state index in [2.05, 4.69) is 4.90 Å². The number of aliphatic hydroxyl groups excluding tert-OH is 1. The van der Waals surface area contributed by atoms with Crippen LogP contribution in [0, 0.1) is 0 Å². The van der Waals surface area contributed by atoms with E-state index in [0.717, 1.165) is 4.31 Å². The molecule has 0 spiro atoms. The van der Waals surface area contributed by atoms with Crippen LogP contribution >= 0.6 is 0 Å². The summed E-state index contributed by atoms with van der Waals surface area (Å²) in [6.07, 6.45) is -0.691. The number of hydrogen-bond acceptors (Lipinski definition) is 5. The van der Waals surface area contributed by atoms with E-state index in [-0.39, 0.29) is 18.5 Å². The van der Waals surface area contributed by atoms with Gasteiger partial charge in [0.2, 0.25) is 5.91 Å². The summed E-state index contributed by atoms with van der Waals surface area (Å²) in [4.78, 5) is 15.2. The van der Waals surface area contributed by atoms with Crippen molar-refractivity contribution in [2.75, 3.05) is 53.4 Å². The molecule has 0 aliphatic carbocycles. The van der Waals surface area contributed by atoms with E-state index in [1.54, 1.807) is 11.8 Å². The average Bonchev–Trinajstić information content (AvgIpc) is 2.81. The second-order valence-corrected chi connectivity index (χ2v) is 7.93. The van der Waals surface area contributed by atoms with Crippen LogP contribution in [0.5, 0.6) is 0 Å². The summed E-state index contributed by atoms with van der Waals surface area (Å²) >= 11 is 0. The highest BCUT2D eigenvalue weighted by molar-refractivity contribution is 7.86. The number of rotatable bonds is 3. The van der Waals surface area contributed by atoms with Gasteiger partial charge in [-0.15, -0.1) is 0 Å². The van der Waals surface area contributed by atoms with Crippen LogP contribution in [0.15, 0.2) is 0 Å². The monoisotopic (exact) mass is 320 g/mol. The minimum Gasteiger partial charge on any atom is -0.390 e. The minimum absolute atomic E-state index is 0.0541.